The van der Waals surface area contributed by atoms with Gasteiger partial charge in [0.25, 0.3) is 5.91 Å². The van der Waals surface area contributed by atoms with Gasteiger partial charge in [-0.05, 0) is 81.5 Å². The van der Waals surface area contributed by atoms with Gasteiger partial charge in [-0.1, -0.05) is 0 Å². The number of likely N-dealkylation sites (tertiary alicyclic amines) is 1. The minimum absolute atomic E-state index is 0.0239. The topological polar surface area (TPSA) is 87.4 Å². The zero-order valence-corrected chi connectivity index (χ0v) is 19.4. The summed E-state index contributed by atoms with van der Waals surface area (Å²) in [5.41, 5.74) is 3.86. The summed E-state index contributed by atoms with van der Waals surface area (Å²) in [6.45, 7) is 5.30. The SMILES string of the molecule is COc1ccc(-n2c(C)cc(/C=C(\C#N)C(=O)NC3CCN(C(=O)C4CC4)CC3)c2C)cc1. The maximum atomic E-state index is 12.8. The fourth-order valence-electron chi connectivity index (χ4n) is 4.46. The van der Waals surface area contributed by atoms with Crippen molar-refractivity contribution in [2.75, 3.05) is 20.2 Å². The lowest BCUT2D eigenvalue weighted by Gasteiger charge is -2.32. The third-order valence-electron chi connectivity index (χ3n) is 6.53. The van der Waals surface area contributed by atoms with Crippen LogP contribution in [0, 0.1) is 31.1 Å². The Morgan fingerprint density at radius 1 is 1.12 bits per heavy atom. The van der Waals surface area contributed by atoms with E-state index in [9.17, 15) is 14.9 Å². The Labute approximate surface area is 194 Å². The van der Waals surface area contributed by atoms with Crippen LogP contribution in [0.3, 0.4) is 0 Å². The molecule has 33 heavy (non-hydrogen) atoms. The van der Waals surface area contributed by atoms with Gasteiger partial charge in [-0.25, -0.2) is 0 Å². The fraction of sp³-hybridized carbons (Fsp3) is 0.423. The molecule has 172 valence electrons. The van der Waals surface area contributed by atoms with Crippen molar-refractivity contribution in [1.29, 1.82) is 5.26 Å². The van der Waals surface area contributed by atoms with Crippen LogP contribution in [0.25, 0.3) is 11.8 Å². The molecule has 1 aliphatic carbocycles. The van der Waals surface area contributed by atoms with Gasteiger partial charge >= 0.3 is 0 Å². The van der Waals surface area contributed by atoms with E-state index in [4.69, 9.17) is 4.74 Å². The summed E-state index contributed by atoms with van der Waals surface area (Å²) < 4.78 is 7.33. The Morgan fingerprint density at radius 3 is 2.36 bits per heavy atom. The largest absolute Gasteiger partial charge is 0.497 e. The normalized spacial score (nSPS) is 16.9. The first-order valence-electron chi connectivity index (χ1n) is 11.5. The Morgan fingerprint density at radius 2 is 1.79 bits per heavy atom. The van der Waals surface area contributed by atoms with Crippen molar-refractivity contribution in [1.82, 2.24) is 14.8 Å². The van der Waals surface area contributed by atoms with Gasteiger partial charge in [0.1, 0.15) is 17.4 Å². The Balaban J connectivity index is 1.44. The fourth-order valence-corrected chi connectivity index (χ4v) is 4.46. The van der Waals surface area contributed by atoms with Crippen LogP contribution in [0.5, 0.6) is 5.75 Å². The molecule has 7 nitrogen and oxygen atoms in total. The number of nitrogens with zero attached hydrogens (tertiary/aromatic N) is 3. The molecule has 1 aromatic heterocycles. The molecule has 0 radical (unpaired) electrons. The number of nitriles is 1. The molecule has 1 N–H and O–H groups in total. The average Bonchev–Trinajstić information content (AvgIpc) is 3.63. The zero-order chi connectivity index (χ0) is 23.5. The van der Waals surface area contributed by atoms with Crippen LogP contribution < -0.4 is 10.1 Å². The van der Waals surface area contributed by atoms with Crippen LogP contribution in [0.1, 0.15) is 42.6 Å². The number of nitrogens with one attached hydrogen (secondary N) is 1. The number of benzene rings is 1. The zero-order valence-electron chi connectivity index (χ0n) is 19.4. The van der Waals surface area contributed by atoms with Crippen LogP contribution in [0.4, 0.5) is 0 Å². The van der Waals surface area contributed by atoms with Crippen LogP contribution >= 0.6 is 0 Å². The first kappa shape index (κ1) is 22.7. The van der Waals surface area contributed by atoms with Crippen molar-refractivity contribution in [3.05, 3.63) is 52.9 Å². The molecular weight excluding hydrogens is 416 g/mol. The monoisotopic (exact) mass is 446 g/mol. The lowest BCUT2D eigenvalue weighted by Crippen LogP contribution is -2.47. The van der Waals surface area contributed by atoms with E-state index in [1.165, 1.54) is 0 Å². The molecule has 2 heterocycles. The van der Waals surface area contributed by atoms with E-state index in [-0.39, 0.29) is 29.3 Å². The second kappa shape index (κ2) is 9.53. The van der Waals surface area contributed by atoms with E-state index >= 15 is 0 Å². The highest BCUT2D eigenvalue weighted by molar-refractivity contribution is 6.02. The summed E-state index contributed by atoms with van der Waals surface area (Å²) in [6.07, 6.45) is 5.10. The van der Waals surface area contributed by atoms with Gasteiger partial charge in [-0.15, -0.1) is 0 Å². The number of amides is 2. The second-order valence-corrected chi connectivity index (χ2v) is 8.88. The highest BCUT2D eigenvalue weighted by Crippen LogP contribution is 2.32. The Kier molecular flexibility index (Phi) is 6.55. The van der Waals surface area contributed by atoms with Crippen molar-refractivity contribution in [2.24, 2.45) is 5.92 Å². The van der Waals surface area contributed by atoms with Crippen LogP contribution in [-0.2, 0) is 9.59 Å². The number of rotatable bonds is 6. The molecule has 0 unspecified atom stereocenters. The van der Waals surface area contributed by atoms with Crippen molar-refractivity contribution < 1.29 is 14.3 Å². The molecule has 2 fully saturated rings. The molecule has 1 aromatic carbocycles. The molecule has 2 amide bonds. The quantitative estimate of drug-likeness (QED) is 0.543. The molecule has 0 spiro atoms. The predicted octanol–water partition coefficient (Wildman–Crippen LogP) is 3.53. The Hall–Kier alpha value is -3.53. The van der Waals surface area contributed by atoms with Crippen LogP contribution in [0.15, 0.2) is 35.9 Å². The van der Waals surface area contributed by atoms with Gasteiger partial charge in [0.15, 0.2) is 0 Å². The standard InChI is InChI=1S/C26H30N4O3/c1-17-14-20(18(2)30(17)23-6-8-24(33-3)9-7-23)15-21(16-27)25(31)28-22-10-12-29(13-11-22)26(32)19-4-5-19/h6-9,14-15,19,22H,4-5,10-13H2,1-3H3,(H,28,31)/b21-15+. The smallest absolute Gasteiger partial charge is 0.262 e. The number of aryl methyl sites for hydroxylation is 1. The summed E-state index contributed by atoms with van der Waals surface area (Å²) in [4.78, 5) is 27.0. The van der Waals surface area contributed by atoms with Crippen molar-refractivity contribution >= 4 is 17.9 Å². The molecule has 7 heteroatoms. The van der Waals surface area contributed by atoms with Gasteiger partial charge in [-0.3, -0.25) is 9.59 Å². The van der Waals surface area contributed by atoms with Crippen molar-refractivity contribution in [3.8, 4) is 17.5 Å². The minimum Gasteiger partial charge on any atom is -0.497 e. The van der Waals surface area contributed by atoms with Crippen molar-refractivity contribution in [2.45, 2.75) is 45.6 Å². The summed E-state index contributed by atoms with van der Waals surface area (Å²) in [5.74, 6) is 0.900. The van der Waals surface area contributed by atoms with Crippen LogP contribution in [0.2, 0.25) is 0 Å². The van der Waals surface area contributed by atoms with Crippen LogP contribution in [-0.4, -0.2) is 47.5 Å². The molecule has 2 aromatic rings. The summed E-state index contributed by atoms with van der Waals surface area (Å²) >= 11 is 0. The molecule has 1 aliphatic heterocycles. The van der Waals surface area contributed by atoms with Gasteiger partial charge < -0.3 is 19.5 Å². The summed E-state index contributed by atoms with van der Waals surface area (Å²) in [6, 6.07) is 11.8. The first-order chi connectivity index (χ1) is 15.9. The van der Waals surface area contributed by atoms with Gasteiger partial charge in [0, 0.05) is 42.1 Å². The molecule has 0 atom stereocenters. The number of ether oxygens (including phenoxy) is 1. The molecule has 0 bridgehead atoms. The molecular formula is C26H30N4O3. The number of methoxy groups -OCH3 is 1. The van der Waals surface area contributed by atoms with E-state index in [2.05, 4.69) is 16.0 Å². The number of aromatic nitrogens is 1. The van der Waals surface area contributed by atoms with Gasteiger partial charge in [0.2, 0.25) is 5.91 Å². The second-order valence-electron chi connectivity index (χ2n) is 8.88. The summed E-state index contributed by atoms with van der Waals surface area (Å²) in [5, 5.41) is 12.7. The van der Waals surface area contributed by atoms with Gasteiger partial charge in [0.05, 0.1) is 7.11 Å². The minimum atomic E-state index is -0.362. The lowest BCUT2D eigenvalue weighted by molar-refractivity contribution is -0.133. The molecule has 4 rings (SSSR count). The lowest BCUT2D eigenvalue weighted by atomic mass is 10.0. The number of hydrogen-bond acceptors (Lipinski definition) is 4. The predicted molar refractivity (Wildman–Crippen MR) is 126 cm³/mol. The summed E-state index contributed by atoms with van der Waals surface area (Å²) in [7, 11) is 1.63. The van der Waals surface area contributed by atoms with E-state index in [1.54, 1.807) is 13.2 Å². The Bertz CT molecular complexity index is 1110. The molecule has 2 aliphatic rings. The molecule has 1 saturated heterocycles. The third-order valence-corrected chi connectivity index (χ3v) is 6.53. The van der Waals surface area contributed by atoms with Gasteiger partial charge in [-0.2, -0.15) is 5.26 Å². The van der Waals surface area contributed by atoms with E-state index in [0.29, 0.717) is 13.1 Å². The highest BCUT2D eigenvalue weighted by Gasteiger charge is 2.35. The molecule has 1 saturated carbocycles. The number of carbonyl (C=O) groups excluding carboxylic acids is 2. The van der Waals surface area contributed by atoms with E-state index < -0.39 is 0 Å². The van der Waals surface area contributed by atoms with E-state index in [1.807, 2.05) is 49.1 Å². The first-order valence-corrected chi connectivity index (χ1v) is 11.5. The number of carbonyl (C=O) groups is 2. The number of piperidine rings is 1. The average molecular weight is 447 g/mol. The maximum absolute atomic E-state index is 12.8. The highest BCUT2D eigenvalue weighted by atomic mass is 16.5. The third kappa shape index (κ3) is 4.95. The van der Waals surface area contributed by atoms with E-state index in [0.717, 1.165) is 54.1 Å². The van der Waals surface area contributed by atoms with Crippen molar-refractivity contribution in [3.63, 3.8) is 0 Å². The number of hydrogen-bond donors (Lipinski definition) is 1. The maximum Gasteiger partial charge on any atom is 0.262 e.